The zero-order chi connectivity index (χ0) is 14.5. The van der Waals surface area contributed by atoms with Gasteiger partial charge in [0.05, 0.1) is 0 Å². The van der Waals surface area contributed by atoms with Crippen LogP contribution in [0, 0.1) is 0 Å². The van der Waals surface area contributed by atoms with Crippen molar-refractivity contribution in [1.82, 2.24) is 4.98 Å². The number of aromatic nitrogens is 1. The zero-order valence-electron chi connectivity index (χ0n) is 11.1. The number of amides is 1. The summed E-state index contributed by atoms with van der Waals surface area (Å²) in [5.41, 5.74) is 1.77. The molecule has 0 saturated heterocycles. The highest BCUT2D eigenvalue weighted by molar-refractivity contribution is 5.96. The quantitative estimate of drug-likeness (QED) is 0.840. The fraction of sp³-hybridized carbons (Fsp3) is 0.286. The van der Waals surface area contributed by atoms with Crippen LogP contribution in [0.25, 0.3) is 10.9 Å². The van der Waals surface area contributed by atoms with Crippen LogP contribution in [0.2, 0.25) is 0 Å². The Morgan fingerprint density at radius 1 is 1.30 bits per heavy atom. The van der Waals surface area contributed by atoms with Crippen LogP contribution in [0.1, 0.15) is 6.92 Å². The van der Waals surface area contributed by atoms with Gasteiger partial charge in [0.15, 0.2) is 0 Å². The number of hydrogen-bond donors (Lipinski definition) is 2. The van der Waals surface area contributed by atoms with Crippen LogP contribution in [-0.2, 0) is 14.3 Å². The van der Waals surface area contributed by atoms with Crippen molar-refractivity contribution >= 4 is 28.5 Å². The van der Waals surface area contributed by atoms with Gasteiger partial charge in [-0.05, 0) is 31.2 Å². The van der Waals surface area contributed by atoms with E-state index in [9.17, 15) is 9.59 Å². The number of nitrogens with zero attached hydrogens (tertiary/aromatic N) is 1. The molecule has 20 heavy (non-hydrogen) atoms. The molecule has 0 unspecified atom stereocenters. The molecule has 2 aromatic rings. The van der Waals surface area contributed by atoms with E-state index in [-0.39, 0.29) is 12.5 Å². The third-order valence-electron chi connectivity index (χ3n) is 2.92. The van der Waals surface area contributed by atoms with Crippen molar-refractivity contribution in [3.63, 3.8) is 0 Å². The molecular formula is C14H16N2O4. The normalized spacial score (nSPS) is 10.7. The number of aliphatic carboxylic acids is 1. The number of carboxylic acids is 1. The lowest BCUT2D eigenvalue weighted by atomic mass is 10.2. The lowest BCUT2D eigenvalue weighted by molar-refractivity contribution is -0.143. The van der Waals surface area contributed by atoms with E-state index in [2.05, 4.69) is 4.98 Å². The van der Waals surface area contributed by atoms with Gasteiger partial charge >= 0.3 is 5.97 Å². The first kappa shape index (κ1) is 14.1. The number of ether oxygens (including phenoxy) is 1. The predicted octanol–water partition coefficient (Wildman–Crippen LogP) is 1.62. The van der Waals surface area contributed by atoms with Gasteiger partial charge in [0.25, 0.3) is 5.91 Å². The maximum atomic E-state index is 12.0. The number of hydrogen-bond acceptors (Lipinski definition) is 3. The molecule has 0 atom stereocenters. The highest BCUT2D eigenvalue weighted by Gasteiger charge is 2.15. The van der Waals surface area contributed by atoms with Gasteiger partial charge in [-0.25, -0.2) is 4.79 Å². The van der Waals surface area contributed by atoms with Gasteiger partial charge in [0.2, 0.25) is 0 Å². The van der Waals surface area contributed by atoms with Gasteiger partial charge < -0.3 is 19.7 Å². The first-order chi connectivity index (χ1) is 9.61. The van der Waals surface area contributed by atoms with Crippen molar-refractivity contribution in [1.29, 1.82) is 0 Å². The number of carbonyl (C=O) groups is 2. The molecule has 0 saturated carbocycles. The number of benzene rings is 1. The van der Waals surface area contributed by atoms with Crippen LogP contribution in [0.15, 0.2) is 30.5 Å². The highest BCUT2D eigenvalue weighted by atomic mass is 16.5. The molecule has 6 heteroatoms. The number of fused-ring (bicyclic) bond motifs is 1. The third-order valence-corrected chi connectivity index (χ3v) is 2.92. The summed E-state index contributed by atoms with van der Waals surface area (Å²) in [6, 6.07) is 7.58. The van der Waals surface area contributed by atoms with Gasteiger partial charge in [-0.2, -0.15) is 0 Å². The predicted molar refractivity (Wildman–Crippen MR) is 74.8 cm³/mol. The molecule has 1 amide bonds. The molecule has 1 heterocycles. The van der Waals surface area contributed by atoms with E-state index in [0.29, 0.717) is 6.54 Å². The summed E-state index contributed by atoms with van der Waals surface area (Å²) in [7, 11) is 0. The molecule has 0 aliphatic carbocycles. The lowest BCUT2D eigenvalue weighted by Crippen LogP contribution is -2.34. The SMILES string of the molecule is CCN(C(=O)COCC(=O)O)c1ccc2[nH]ccc2c1. The summed E-state index contributed by atoms with van der Waals surface area (Å²) in [6.45, 7) is 1.63. The average Bonchev–Trinajstić information content (AvgIpc) is 2.86. The van der Waals surface area contributed by atoms with Gasteiger partial charge in [0.1, 0.15) is 13.2 Å². The van der Waals surface area contributed by atoms with Crippen molar-refractivity contribution in [2.75, 3.05) is 24.7 Å². The van der Waals surface area contributed by atoms with Crippen molar-refractivity contribution < 1.29 is 19.4 Å². The summed E-state index contributed by atoms with van der Waals surface area (Å²) in [5.74, 6) is -1.35. The number of H-pyrrole nitrogens is 1. The summed E-state index contributed by atoms with van der Waals surface area (Å²) in [5, 5.41) is 9.49. The molecule has 0 aliphatic rings. The molecule has 2 N–H and O–H groups in total. The van der Waals surface area contributed by atoms with Crippen LogP contribution in [0.4, 0.5) is 5.69 Å². The number of carboxylic acid groups (broad SMARTS) is 1. The molecule has 0 fully saturated rings. The van der Waals surface area contributed by atoms with E-state index in [1.165, 1.54) is 0 Å². The van der Waals surface area contributed by atoms with E-state index < -0.39 is 12.6 Å². The number of nitrogens with one attached hydrogen (secondary N) is 1. The molecular weight excluding hydrogens is 260 g/mol. The lowest BCUT2D eigenvalue weighted by Gasteiger charge is -2.21. The average molecular weight is 276 g/mol. The van der Waals surface area contributed by atoms with Gasteiger partial charge in [-0.3, -0.25) is 4.79 Å². The van der Waals surface area contributed by atoms with E-state index >= 15 is 0 Å². The molecule has 2 rings (SSSR count). The minimum absolute atomic E-state index is 0.245. The van der Waals surface area contributed by atoms with Crippen LogP contribution < -0.4 is 4.90 Å². The Hall–Kier alpha value is -2.34. The largest absolute Gasteiger partial charge is 0.480 e. The Balaban J connectivity index is 2.10. The second kappa shape index (κ2) is 6.21. The van der Waals surface area contributed by atoms with E-state index in [0.717, 1.165) is 16.6 Å². The molecule has 106 valence electrons. The second-order valence-electron chi connectivity index (χ2n) is 4.27. The van der Waals surface area contributed by atoms with Gasteiger partial charge in [0, 0.05) is 29.3 Å². The van der Waals surface area contributed by atoms with Crippen LogP contribution in [-0.4, -0.2) is 41.7 Å². The first-order valence-corrected chi connectivity index (χ1v) is 6.29. The molecule has 0 bridgehead atoms. The summed E-state index contributed by atoms with van der Waals surface area (Å²) < 4.78 is 4.84. The topological polar surface area (TPSA) is 82.6 Å². The smallest absolute Gasteiger partial charge is 0.329 e. The Labute approximate surface area is 116 Å². The van der Waals surface area contributed by atoms with Crippen molar-refractivity contribution in [3.05, 3.63) is 30.5 Å². The van der Waals surface area contributed by atoms with Crippen LogP contribution in [0.3, 0.4) is 0 Å². The van der Waals surface area contributed by atoms with Crippen molar-refractivity contribution in [2.24, 2.45) is 0 Å². The monoisotopic (exact) mass is 276 g/mol. The number of anilines is 1. The molecule has 6 nitrogen and oxygen atoms in total. The zero-order valence-corrected chi connectivity index (χ0v) is 11.1. The number of likely N-dealkylation sites (N-methyl/N-ethyl adjacent to an activating group) is 1. The van der Waals surface area contributed by atoms with Crippen LogP contribution in [0.5, 0.6) is 0 Å². The van der Waals surface area contributed by atoms with Crippen LogP contribution >= 0.6 is 0 Å². The Kier molecular flexibility index (Phi) is 4.37. The minimum atomic E-state index is -1.09. The van der Waals surface area contributed by atoms with E-state index in [1.807, 2.05) is 37.4 Å². The van der Waals surface area contributed by atoms with Gasteiger partial charge in [-0.15, -0.1) is 0 Å². The standard InChI is InChI=1S/C14H16N2O4/c1-2-16(13(17)8-20-9-14(18)19)11-3-4-12-10(7-11)5-6-15-12/h3-7,15H,2,8-9H2,1H3,(H,18,19). The fourth-order valence-electron chi connectivity index (χ4n) is 2.02. The van der Waals surface area contributed by atoms with Gasteiger partial charge in [-0.1, -0.05) is 0 Å². The number of carbonyl (C=O) groups excluding carboxylic acids is 1. The van der Waals surface area contributed by atoms with Crippen molar-refractivity contribution in [3.8, 4) is 0 Å². The summed E-state index contributed by atoms with van der Waals surface area (Å²) in [6.07, 6.45) is 1.84. The number of rotatable bonds is 6. The minimum Gasteiger partial charge on any atom is -0.480 e. The fourth-order valence-corrected chi connectivity index (χ4v) is 2.02. The molecule has 1 aromatic heterocycles. The van der Waals surface area contributed by atoms with E-state index in [1.54, 1.807) is 4.90 Å². The maximum Gasteiger partial charge on any atom is 0.329 e. The van der Waals surface area contributed by atoms with Crippen molar-refractivity contribution in [2.45, 2.75) is 6.92 Å². The highest BCUT2D eigenvalue weighted by Crippen LogP contribution is 2.21. The van der Waals surface area contributed by atoms with E-state index in [4.69, 9.17) is 9.84 Å². The maximum absolute atomic E-state index is 12.0. The summed E-state index contributed by atoms with van der Waals surface area (Å²) in [4.78, 5) is 27.0. The molecule has 1 aromatic carbocycles. The Morgan fingerprint density at radius 2 is 2.10 bits per heavy atom. The number of aromatic amines is 1. The first-order valence-electron chi connectivity index (χ1n) is 6.29. The third kappa shape index (κ3) is 3.16. The summed E-state index contributed by atoms with van der Waals surface area (Å²) >= 11 is 0. The Morgan fingerprint density at radius 3 is 2.80 bits per heavy atom. The molecule has 0 radical (unpaired) electrons. The molecule has 0 aliphatic heterocycles. The second-order valence-corrected chi connectivity index (χ2v) is 4.27. The molecule has 0 spiro atoms. The Bertz CT molecular complexity index is 620.